The summed E-state index contributed by atoms with van der Waals surface area (Å²) in [4.78, 5) is 4.15. The van der Waals surface area contributed by atoms with E-state index >= 15 is 0 Å². The smallest absolute Gasteiger partial charge is 0.219 e. The number of unbranched alkanes of at least 4 members (excludes halogenated alkanes) is 1. The fraction of sp³-hybridized carbons (Fsp3) is 0.545. The molecule has 0 atom stereocenters. The van der Waals surface area contributed by atoms with Gasteiger partial charge in [-0.05, 0) is 31.9 Å². The van der Waals surface area contributed by atoms with Crippen molar-refractivity contribution in [3.05, 3.63) is 17.8 Å². The summed E-state index contributed by atoms with van der Waals surface area (Å²) in [5.74, 6) is 1.48. The zero-order chi connectivity index (χ0) is 11.1. The summed E-state index contributed by atoms with van der Waals surface area (Å²) in [6.45, 7) is 0.713. The minimum absolute atomic E-state index is 0.645. The van der Waals surface area contributed by atoms with Crippen LogP contribution in [0.25, 0.3) is 0 Å². The highest BCUT2D eigenvalue weighted by Crippen LogP contribution is 2.27. The maximum atomic E-state index is 5.46. The first-order valence-electron chi connectivity index (χ1n) is 5.09. The molecule has 0 fully saturated rings. The number of hydrogen-bond acceptors (Lipinski definition) is 4. The Bertz CT molecular complexity index is 280. The van der Waals surface area contributed by atoms with Crippen molar-refractivity contribution in [1.82, 2.24) is 4.98 Å². The molecule has 0 aliphatic carbocycles. The molecule has 0 saturated heterocycles. The van der Waals surface area contributed by atoms with Crippen molar-refractivity contribution in [2.24, 2.45) is 5.73 Å². The predicted molar refractivity (Wildman–Crippen MR) is 59.3 cm³/mol. The fourth-order valence-electron chi connectivity index (χ4n) is 1.50. The van der Waals surface area contributed by atoms with Crippen LogP contribution in [0.2, 0.25) is 0 Å². The fourth-order valence-corrected chi connectivity index (χ4v) is 1.50. The SMILES string of the molecule is COc1ccnc(OC)c1CCCCN. The molecule has 4 heteroatoms. The first kappa shape index (κ1) is 11.8. The Morgan fingerprint density at radius 2 is 2.07 bits per heavy atom. The minimum atomic E-state index is 0.645. The highest BCUT2D eigenvalue weighted by atomic mass is 16.5. The monoisotopic (exact) mass is 210 g/mol. The summed E-state index contributed by atoms with van der Waals surface area (Å²) in [7, 11) is 3.27. The van der Waals surface area contributed by atoms with E-state index in [2.05, 4.69) is 4.98 Å². The van der Waals surface area contributed by atoms with E-state index in [1.807, 2.05) is 6.07 Å². The van der Waals surface area contributed by atoms with Gasteiger partial charge in [0, 0.05) is 6.20 Å². The normalized spacial score (nSPS) is 10.1. The third-order valence-electron chi connectivity index (χ3n) is 2.27. The molecule has 1 rings (SSSR count). The molecule has 1 heterocycles. The van der Waals surface area contributed by atoms with E-state index in [1.165, 1.54) is 0 Å². The standard InChI is InChI=1S/C11H18N2O2/c1-14-10-6-8-13-11(15-2)9(10)5-3-4-7-12/h6,8H,3-5,7,12H2,1-2H3. The van der Waals surface area contributed by atoms with Gasteiger partial charge in [0.1, 0.15) is 5.75 Å². The summed E-state index contributed by atoms with van der Waals surface area (Å²) in [6, 6.07) is 1.85. The molecule has 15 heavy (non-hydrogen) atoms. The Balaban J connectivity index is 2.80. The quantitative estimate of drug-likeness (QED) is 0.721. The highest BCUT2D eigenvalue weighted by molar-refractivity contribution is 5.39. The molecule has 0 aliphatic heterocycles. The minimum Gasteiger partial charge on any atom is -0.496 e. The van der Waals surface area contributed by atoms with E-state index in [-0.39, 0.29) is 0 Å². The number of hydrogen-bond donors (Lipinski definition) is 1. The van der Waals surface area contributed by atoms with Crippen molar-refractivity contribution in [2.45, 2.75) is 19.3 Å². The molecule has 0 aliphatic rings. The summed E-state index contributed by atoms with van der Waals surface area (Å²) in [5, 5.41) is 0. The predicted octanol–water partition coefficient (Wildman–Crippen LogP) is 1.38. The van der Waals surface area contributed by atoms with Crippen LogP contribution in [-0.4, -0.2) is 25.7 Å². The van der Waals surface area contributed by atoms with Crippen LogP contribution in [-0.2, 0) is 6.42 Å². The van der Waals surface area contributed by atoms with Crippen molar-refractivity contribution in [3.8, 4) is 11.6 Å². The molecule has 0 bridgehead atoms. The second kappa shape index (κ2) is 6.24. The topological polar surface area (TPSA) is 57.4 Å². The second-order valence-electron chi connectivity index (χ2n) is 3.25. The van der Waals surface area contributed by atoms with Crippen molar-refractivity contribution < 1.29 is 9.47 Å². The van der Waals surface area contributed by atoms with Crippen LogP contribution in [0, 0.1) is 0 Å². The van der Waals surface area contributed by atoms with Crippen LogP contribution in [0.15, 0.2) is 12.3 Å². The lowest BCUT2D eigenvalue weighted by molar-refractivity contribution is 0.372. The van der Waals surface area contributed by atoms with Crippen molar-refractivity contribution >= 4 is 0 Å². The Kier molecular flexibility index (Phi) is 4.90. The third-order valence-corrected chi connectivity index (χ3v) is 2.27. The number of nitrogens with two attached hydrogens (primary N) is 1. The van der Waals surface area contributed by atoms with Crippen molar-refractivity contribution in [1.29, 1.82) is 0 Å². The molecule has 4 nitrogen and oxygen atoms in total. The zero-order valence-electron chi connectivity index (χ0n) is 9.32. The van der Waals surface area contributed by atoms with Gasteiger partial charge in [0.2, 0.25) is 5.88 Å². The molecule has 1 aromatic rings. The Hall–Kier alpha value is -1.29. The van der Waals surface area contributed by atoms with E-state index in [0.717, 1.165) is 30.6 Å². The summed E-state index contributed by atoms with van der Waals surface area (Å²) < 4.78 is 10.5. The second-order valence-corrected chi connectivity index (χ2v) is 3.25. The van der Waals surface area contributed by atoms with E-state index < -0.39 is 0 Å². The van der Waals surface area contributed by atoms with Gasteiger partial charge in [-0.15, -0.1) is 0 Å². The Morgan fingerprint density at radius 1 is 1.27 bits per heavy atom. The first-order chi connectivity index (χ1) is 7.33. The number of methoxy groups -OCH3 is 2. The van der Waals surface area contributed by atoms with Crippen LogP contribution >= 0.6 is 0 Å². The van der Waals surface area contributed by atoms with Gasteiger partial charge >= 0.3 is 0 Å². The highest BCUT2D eigenvalue weighted by Gasteiger charge is 2.10. The van der Waals surface area contributed by atoms with Crippen LogP contribution in [0.1, 0.15) is 18.4 Å². The van der Waals surface area contributed by atoms with E-state index in [1.54, 1.807) is 20.4 Å². The Labute approximate surface area is 90.4 Å². The van der Waals surface area contributed by atoms with E-state index in [0.29, 0.717) is 12.4 Å². The molecule has 0 amide bonds. The maximum absolute atomic E-state index is 5.46. The summed E-state index contributed by atoms with van der Waals surface area (Å²) in [6.07, 6.45) is 4.59. The van der Waals surface area contributed by atoms with Crippen molar-refractivity contribution in [3.63, 3.8) is 0 Å². The van der Waals surface area contributed by atoms with Gasteiger partial charge in [-0.3, -0.25) is 0 Å². The largest absolute Gasteiger partial charge is 0.496 e. The molecule has 0 unspecified atom stereocenters. The molecule has 2 N–H and O–H groups in total. The molecule has 0 spiro atoms. The number of pyridine rings is 1. The summed E-state index contributed by atoms with van der Waals surface area (Å²) in [5.41, 5.74) is 6.48. The van der Waals surface area contributed by atoms with Gasteiger partial charge in [0.25, 0.3) is 0 Å². The van der Waals surface area contributed by atoms with Gasteiger partial charge in [0.15, 0.2) is 0 Å². The molecular weight excluding hydrogens is 192 g/mol. The van der Waals surface area contributed by atoms with Gasteiger partial charge in [-0.2, -0.15) is 0 Å². The van der Waals surface area contributed by atoms with Crippen LogP contribution in [0.5, 0.6) is 11.6 Å². The summed E-state index contributed by atoms with van der Waals surface area (Å²) >= 11 is 0. The number of nitrogens with zero attached hydrogens (tertiary/aromatic N) is 1. The van der Waals surface area contributed by atoms with Crippen LogP contribution in [0.3, 0.4) is 0 Å². The molecule has 0 aromatic carbocycles. The molecule has 84 valence electrons. The third kappa shape index (κ3) is 3.09. The Morgan fingerprint density at radius 3 is 2.67 bits per heavy atom. The van der Waals surface area contributed by atoms with Crippen LogP contribution in [0.4, 0.5) is 0 Å². The van der Waals surface area contributed by atoms with Crippen molar-refractivity contribution in [2.75, 3.05) is 20.8 Å². The number of rotatable bonds is 6. The van der Waals surface area contributed by atoms with Gasteiger partial charge in [-0.1, -0.05) is 0 Å². The lowest BCUT2D eigenvalue weighted by atomic mass is 10.1. The lowest BCUT2D eigenvalue weighted by Crippen LogP contribution is -2.02. The lowest BCUT2D eigenvalue weighted by Gasteiger charge is -2.11. The molecule has 0 radical (unpaired) electrons. The average molecular weight is 210 g/mol. The molecule has 0 saturated carbocycles. The van der Waals surface area contributed by atoms with Gasteiger partial charge in [0.05, 0.1) is 19.8 Å². The van der Waals surface area contributed by atoms with Crippen LogP contribution < -0.4 is 15.2 Å². The maximum Gasteiger partial charge on any atom is 0.219 e. The van der Waals surface area contributed by atoms with E-state index in [4.69, 9.17) is 15.2 Å². The van der Waals surface area contributed by atoms with Gasteiger partial charge < -0.3 is 15.2 Å². The van der Waals surface area contributed by atoms with Gasteiger partial charge in [-0.25, -0.2) is 4.98 Å². The average Bonchev–Trinajstić information content (AvgIpc) is 2.29. The molecule has 1 aromatic heterocycles. The first-order valence-corrected chi connectivity index (χ1v) is 5.09. The molecular formula is C11H18N2O2. The number of aromatic nitrogens is 1. The van der Waals surface area contributed by atoms with E-state index in [9.17, 15) is 0 Å². The number of ether oxygens (including phenoxy) is 2. The zero-order valence-corrected chi connectivity index (χ0v) is 9.32.